The average molecular weight is 193 g/mol. The van der Waals surface area contributed by atoms with Gasteiger partial charge in [-0.15, -0.1) is 0 Å². The zero-order valence-corrected chi connectivity index (χ0v) is 8.14. The molecular weight excluding hydrogens is 182 g/mol. The monoisotopic (exact) mass is 193 g/mol. The van der Waals surface area contributed by atoms with E-state index in [9.17, 15) is 0 Å². The van der Waals surface area contributed by atoms with Crippen molar-refractivity contribution in [1.82, 2.24) is 15.3 Å². The van der Waals surface area contributed by atoms with Gasteiger partial charge < -0.3 is 10.3 Å². The molecule has 0 spiro atoms. The highest BCUT2D eigenvalue weighted by Crippen LogP contribution is 2.20. The second-order valence-electron chi connectivity index (χ2n) is 2.75. The third-order valence-electron chi connectivity index (χ3n) is 1.96. The molecule has 1 unspecified atom stereocenters. The molecule has 0 aromatic carbocycles. The number of thiophene rings is 1. The molecule has 0 bridgehead atoms. The molecule has 0 radical (unpaired) electrons. The van der Waals surface area contributed by atoms with Crippen molar-refractivity contribution in [3.8, 4) is 0 Å². The van der Waals surface area contributed by atoms with Crippen LogP contribution in [0, 0.1) is 0 Å². The SMILES string of the molecule is CNC(c1ccsc1)c1ncc[nH]1. The topological polar surface area (TPSA) is 40.7 Å². The molecule has 0 saturated heterocycles. The van der Waals surface area contributed by atoms with Gasteiger partial charge in [-0.3, -0.25) is 0 Å². The molecule has 0 saturated carbocycles. The fourth-order valence-corrected chi connectivity index (χ4v) is 2.02. The molecular formula is C9H11N3S. The number of H-pyrrole nitrogens is 1. The van der Waals surface area contributed by atoms with Gasteiger partial charge in [0, 0.05) is 12.4 Å². The highest BCUT2D eigenvalue weighted by molar-refractivity contribution is 7.07. The first-order valence-corrected chi connectivity index (χ1v) is 5.04. The van der Waals surface area contributed by atoms with Crippen LogP contribution in [0.4, 0.5) is 0 Å². The molecule has 1 atom stereocenters. The second kappa shape index (κ2) is 3.72. The zero-order valence-electron chi connectivity index (χ0n) is 7.32. The van der Waals surface area contributed by atoms with Gasteiger partial charge in [-0.05, 0) is 29.4 Å². The molecule has 2 heterocycles. The van der Waals surface area contributed by atoms with Gasteiger partial charge in [0.1, 0.15) is 5.82 Å². The van der Waals surface area contributed by atoms with Crippen LogP contribution in [0.25, 0.3) is 0 Å². The molecule has 2 aromatic rings. The molecule has 0 fully saturated rings. The maximum absolute atomic E-state index is 4.23. The Morgan fingerprint density at radius 3 is 3.08 bits per heavy atom. The summed E-state index contributed by atoms with van der Waals surface area (Å²) < 4.78 is 0. The maximum atomic E-state index is 4.23. The van der Waals surface area contributed by atoms with E-state index in [2.05, 4.69) is 32.1 Å². The van der Waals surface area contributed by atoms with E-state index >= 15 is 0 Å². The van der Waals surface area contributed by atoms with E-state index < -0.39 is 0 Å². The normalized spacial score (nSPS) is 13.0. The number of hydrogen-bond acceptors (Lipinski definition) is 3. The molecule has 0 aliphatic rings. The third kappa shape index (κ3) is 1.64. The number of nitrogens with zero attached hydrogens (tertiary/aromatic N) is 1. The summed E-state index contributed by atoms with van der Waals surface area (Å²) in [4.78, 5) is 7.34. The van der Waals surface area contributed by atoms with Gasteiger partial charge in [0.15, 0.2) is 0 Å². The van der Waals surface area contributed by atoms with Crippen LogP contribution in [0.15, 0.2) is 29.2 Å². The van der Waals surface area contributed by atoms with E-state index in [0.29, 0.717) is 0 Å². The number of imidazole rings is 1. The Hall–Kier alpha value is -1.13. The molecule has 13 heavy (non-hydrogen) atoms. The number of aromatic amines is 1. The van der Waals surface area contributed by atoms with Crippen LogP contribution in [-0.2, 0) is 0 Å². The predicted octanol–water partition coefficient (Wildman–Crippen LogP) is 1.78. The fourth-order valence-electron chi connectivity index (χ4n) is 1.34. The molecule has 0 amide bonds. The van der Waals surface area contributed by atoms with Crippen LogP contribution >= 0.6 is 11.3 Å². The Balaban J connectivity index is 2.29. The molecule has 2 N–H and O–H groups in total. The summed E-state index contributed by atoms with van der Waals surface area (Å²) in [5.74, 6) is 0.959. The van der Waals surface area contributed by atoms with Crippen molar-refractivity contribution in [3.63, 3.8) is 0 Å². The molecule has 2 rings (SSSR count). The van der Waals surface area contributed by atoms with Crippen molar-refractivity contribution in [1.29, 1.82) is 0 Å². The number of hydrogen-bond donors (Lipinski definition) is 2. The summed E-state index contributed by atoms with van der Waals surface area (Å²) in [5, 5.41) is 7.42. The van der Waals surface area contributed by atoms with E-state index in [-0.39, 0.29) is 6.04 Å². The smallest absolute Gasteiger partial charge is 0.127 e. The van der Waals surface area contributed by atoms with Crippen molar-refractivity contribution < 1.29 is 0 Å². The lowest BCUT2D eigenvalue weighted by atomic mass is 10.1. The maximum Gasteiger partial charge on any atom is 0.127 e. The molecule has 68 valence electrons. The van der Waals surface area contributed by atoms with Gasteiger partial charge in [-0.25, -0.2) is 4.98 Å². The van der Waals surface area contributed by atoms with Gasteiger partial charge in [0.2, 0.25) is 0 Å². The van der Waals surface area contributed by atoms with Crippen LogP contribution in [-0.4, -0.2) is 17.0 Å². The second-order valence-corrected chi connectivity index (χ2v) is 3.53. The van der Waals surface area contributed by atoms with Crippen LogP contribution in [0.5, 0.6) is 0 Å². The van der Waals surface area contributed by atoms with Crippen LogP contribution in [0.3, 0.4) is 0 Å². The van der Waals surface area contributed by atoms with Crippen molar-refractivity contribution in [2.75, 3.05) is 7.05 Å². The summed E-state index contributed by atoms with van der Waals surface area (Å²) in [6.45, 7) is 0. The highest BCUT2D eigenvalue weighted by Gasteiger charge is 2.13. The standard InChI is InChI=1S/C9H11N3S/c1-10-8(7-2-5-13-6-7)9-11-3-4-12-9/h2-6,8,10H,1H3,(H,11,12). The summed E-state index contributed by atoms with van der Waals surface area (Å²) in [6, 6.07) is 2.29. The van der Waals surface area contributed by atoms with Crippen molar-refractivity contribution in [2.45, 2.75) is 6.04 Å². The minimum atomic E-state index is 0.182. The van der Waals surface area contributed by atoms with Crippen molar-refractivity contribution >= 4 is 11.3 Å². The summed E-state index contributed by atoms with van der Waals surface area (Å²) in [7, 11) is 1.94. The minimum Gasteiger partial charge on any atom is -0.347 e. The lowest BCUT2D eigenvalue weighted by Gasteiger charge is -2.11. The quantitative estimate of drug-likeness (QED) is 0.780. The zero-order chi connectivity index (χ0) is 9.10. The van der Waals surface area contributed by atoms with E-state index in [1.54, 1.807) is 17.5 Å². The average Bonchev–Trinajstić information content (AvgIpc) is 2.76. The summed E-state index contributed by atoms with van der Waals surface area (Å²) in [5.41, 5.74) is 1.25. The van der Waals surface area contributed by atoms with Crippen LogP contribution in [0.2, 0.25) is 0 Å². The minimum absolute atomic E-state index is 0.182. The van der Waals surface area contributed by atoms with Crippen LogP contribution < -0.4 is 5.32 Å². The lowest BCUT2D eigenvalue weighted by Crippen LogP contribution is -2.18. The Bertz CT molecular complexity index is 305. The Morgan fingerprint density at radius 1 is 1.62 bits per heavy atom. The molecule has 2 aromatic heterocycles. The van der Waals surface area contributed by atoms with Gasteiger partial charge in [-0.2, -0.15) is 11.3 Å². The van der Waals surface area contributed by atoms with E-state index in [4.69, 9.17) is 0 Å². The highest BCUT2D eigenvalue weighted by atomic mass is 32.1. The Morgan fingerprint density at radius 2 is 2.54 bits per heavy atom. The van der Waals surface area contributed by atoms with Gasteiger partial charge >= 0.3 is 0 Å². The first kappa shape index (κ1) is 8.47. The van der Waals surface area contributed by atoms with Gasteiger partial charge in [0.25, 0.3) is 0 Å². The van der Waals surface area contributed by atoms with Gasteiger partial charge in [-0.1, -0.05) is 0 Å². The third-order valence-corrected chi connectivity index (χ3v) is 2.66. The molecule has 0 aliphatic heterocycles. The van der Waals surface area contributed by atoms with Crippen molar-refractivity contribution in [3.05, 3.63) is 40.6 Å². The fraction of sp³-hybridized carbons (Fsp3) is 0.222. The molecule has 3 nitrogen and oxygen atoms in total. The van der Waals surface area contributed by atoms with Gasteiger partial charge in [0.05, 0.1) is 6.04 Å². The summed E-state index contributed by atoms with van der Waals surface area (Å²) >= 11 is 1.70. The largest absolute Gasteiger partial charge is 0.347 e. The molecule has 0 aliphatic carbocycles. The first-order chi connectivity index (χ1) is 6.42. The number of rotatable bonds is 3. The number of aromatic nitrogens is 2. The van der Waals surface area contributed by atoms with E-state index in [0.717, 1.165) is 5.82 Å². The van der Waals surface area contributed by atoms with Crippen LogP contribution in [0.1, 0.15) is 17.4 Å². The predicted molar refractivity (Wildman–Crippen MR) is 53.8 cm³/mol. The Labute approximate surface area is 80.8 Å². The summed E-state index contributed by atoms with van der Waals surface area (Å²) in [6.07, 6.45) is 3.61. The van der Waals surface area contributed by atoms with Crippen molar-refractivity contribution in [2.24, 2.45) is 0 Å². The lowest BCUT2D eigenvalue weighted by molar-refractivity contribution is 0.657. The Kier molecular flexibility index (Phi) is 2.42. The number of nitrogens with one attached hydrogen (secondary N) is 2. The van der Waals surface area contributed by atoms with E-state index in [1.807, 2.05) is 13.2 Å². The molecule has 4 heteroatoms. The first-order valence-electron chi connectivity index (χ1n) is 4.10. The van der Waals surface area contributed by atoms with E-state index in [1.165, 1.54) is 5.56 Å².